The molecule has 7 heteroatoms. The van der Waals surface area contributed by atoms with Crippen LogP contribution in [0.3, 0.4) is 0 Å². The van der Waals surface area contributed by atoms with E-state index in [-0.39, 0.29) is 24.0 Å². The zero-order chi connectivity index (χ0) is 16.8. The smallest absolute Gasteiger partial charge is 0.191 e. The number of rotatable bonds is 12. The van der Waals surface area contributed by atoms with Crippen molar-refractivity contribution in [2.75, 3.05) is 60.2 Å². The van der Waals surface area contributed by atoms with Crippen LogP contribution in [-0.4, -0.2) is 77.1 Å². The first-order valence-electron chi connectivity index (χ1n) is 9.07. The van der Waals surface area contributed by atoms with Gasteiger partial charge in [0.1, 0.15) is 0 Å². The van der Waals surface area contributed by atoms with Gasteiger partial charge in [-0.3, -0.25) is 9.89 Å². The van der Waals surface area contributed by atoms with E-state index in [0.717, 1.165) is 58.3 Å². The molecule has 2 N–H and O–H groups in total. The molecule has 0 aliphatic carbocycles. The Morgan fingerprint density at radius 3 is 2.71 bits per heavy atom. The highest BCUT2D eigenvalue weighted by atomic mass is 127. The van der Waals surface area contributed by atoms with Gasteiger partial charge in [0, 0.05) is 53.0 Å². The minimum atomic E-state index is 0. The molecule has 1 heterocycles. The number of nitrogens with one attached hydrogen (secondary N) is 2. The predicted molar refractivity (Wildman–Crippen MR) is 112 cm³/mol. The highest BCUT2D eigenvalue weighted by Gasteiger charge is 2.23. The van der Waals surface area contributed by atoms with Gasteiger partial charge in [-0.25, -0.2) is 0 Å². The van der Waals surface area contributed by atoms with E-state index in [2.05, 4.69) is 27.4 Å². The highest BCUT2D eigenvalue weighted by molar-refractivity contribution is 14.0. The van der Waals surface area contributed by atoms with E-state index in [9.17, 15) is 0 Å². The van der Waals surface area contributed by atoms with E-state index in [1.165, 1.54) is 25.8 Å². The third-order valence-electron chi connectivity index (χ3n) is 4.21. The quantitative estimate of drug-likeness (QED) is 0.204. The molecule has 1 aliphatic heterocycles. The first-order valence-corrected chi connectivity index (χ1v) is 9.07. The number of halogens is 1. The summed E-state index contributed by atoms with van der Waals surface area (Å²) in [6.07, 6.45) is 5.87. The molecule has 1 rings (SSSR count). The minimum Gasteiger partial charge on any atom is -0.383 e. The Labute approximate surface area is 165 Å². The number of hydrogen-bond donors (Lipinski definition) is 2. The van der Waals surface area contributed by atoms with Crippen LogP contribution in [0.5, 0.6) is 0 Å². The summed E-state index contributed by atoms with van der Waals surface area (Å²) in [6.45, 7) is 8.71. The van der Waals surface area contributed by atoms with Crippen molar-refractivity contribution >= 4 is 29.9 Å². The van der Waals surface area contributed by atoms with E-state index < -0.39 is 0 Å². The molecule has 0 aromatic rings. The van der Waals surface area contributed by atoms with Crippen LogP contribution in [0.15, 0.2) is 4.99 Å². The van der Waals surface area contributed by atoms with Crippen LogP contribution in [0.4, 0.5) is 0 Å². The Bertz CT molecular complexity index is 319. The van der Waals surface area contributed by atoms with Gasteiger partial charge in [0.25, 0.3) is 0 Å². The van der Waals surface area contributed by atoms with Crippen molar-refractivity contribution in [3.8, 4) is 0 Å². The molecule has 0 spiro atoms. The average molecular weight is 456 g/mol. The maximum atomic E-state index is 5.56. The number of likely N-dealkylation sites (tertiary alicyclic amines) is 1. The summed E-state index contributed by atoms with van der Waals surface area (Å²) in [7, 11) is 3.59. The third-order valence-corrected chi connectivity index (χ3v) is 4.21. The zero-order valence-corrected chi connectivity index (χ0v) is 18.0. The van der Waals surface area contributed by atoms with Crippen molar-refractivity contribution < 1.29 is 9.47 Å². The number of ether oxygens (including phenoxy) is 2. The van der Waals surface area contributed by atoms with Gasteiger partial charge in [-0.05, 0) is 32.2 Å². The van der Waals surface area contributed by atoms with Crippen LogP contribution in [0.1, 0.15) is 39.0 Å². The molecule has 24 heavy (non-hydrogen) atoms. The largest absolute Gasteiger partial charge is 0.383 e. The zero-order valence-electron chi connectivity index (χ0n) is 15.7. The molecule has 1 atom stereocenters. The molecule has 0 amide bonds. The molecule has 144 valence electrons. The molecule has 0 saturated carbocycles. The summed E-state index contributed by atoms with van der Waals surface area (Å²) in [5.74, 6) is 0.886. The van der Waals surface area contributed by atoms with E-state index in [0.29, 0.717) is 6.04 Å². The van der Waals surface area contributed by atoms with Crippen molar-refractivity contribution in [2.45, 2.75) is 45.1 Å². The van der Waals surface area contributed by atoms with Gasteiger partial charge in [0.2, 0.25) is 0 Å². The summed E-state index contributed by atoms with van der Waals surface area (Å²) < 4.78 is 10.8. The Morgan fingerprint density at radius 1 is 1.21 bits per heavy atom. The minimum absolute atomic E-state index is 0. The molecular formula is C17H37IN4O2. The second-order valence-electron chi connectivity index (χ2n) is 6.02. The van der Waals surface area contributed by atoms with E-state index in [1.807, 2.05) is 7.05 Å². The van der Waals surface area contributed by atoms with Gasteiger partial charge in [-0.2, -0.15) is 0 Å². The van der Waals surface area contributed by atoms with E-state index in [1.54, 1.807) is 7.11 Å². The van der Waals surface area contributed by atoms with Gasteiger partial charge < -0.3 is 20.1 Å². The van der Waals surface area contributed by atoms with Gasteiger partial charge >= 0.3 is 0 Å². The van der Waals surface area contributed by atoms with E-state index >= 15 is 0 Å². The lowest BCUT2D eigenvalue weighted by Crippen LogP contribution is -2.45. The van der Waals surface area contributed by atoms with E-state index in [4.69, 9.17) is 9.47 Å². The van der Waals surface area contributed by atoms with Crippen molar-refractivity contribution in [2.24, 2.45) is 4.99 Å². The molecule has 0 bridgehead atoms. The van der Waals surface area contributed by atoms with Gasteiger partial charge in [-0.1, -0.05) is 13.3 Å². The maximum Gasteiger partial charge on any atom is 0.191 e. The fourth-order valence-corrected chi connectivity index (χ4v) is 2.79. The van der Waals surface area contributed by atoms with Crippen LogP contribution in [-0.2, 0) is 9.47 Å². The number of aliphatic imine (C=N–C) groups is 1. The SMILES string of the molecule is CCCCOCCCNC(=NC)NCC1CCCN1CCOC.I. The highest BCUT2D eigenvalue weighted by Crippen LogP contribution is 2.15. The first kappa shape index (κ1) is 23.9. The van der Waals surface area contributed by atoms with Gasteiger partial charge in [0.15, 0.2) is 5.96 Å². The van der Waals surface area contributed by atoms with Gasteiger partial charge in [0.05, 0.1) is 6.61 Å². The Balaban J connectivity index is 0.00000529. The summed E-state index contributed by atoms with van der Waals surface area (Å²) in [5.41, 5.74) is 0. The number of unbranched alkanes of at least 4 members (excludes halogenated alkanes) is 1. The summed E-state index contributed by atoms with van der Waals surface area (Å²) in [6, 6.07) is 0.584. The summed E-state index contributed by atoms with van der Waals surface area (Å²) in [4.78, 5) is 6.80. The summed E-state index contributed by atoms with van der Waals surface area (Å²) >= 11 is 0. The third kappa shape index (κ3) is 10.7. The van der Waals surface area contributed by atoms with Crippen LogP contribution in [0.2, 0.25) is 0 Å². The average Bonchev–Trinajstić information content (AvgIpc) is 3.02. The fraction of sp³-hybridized carbons (Fsp3) is 0.941. The number of guanidine groups is 1. The molecule has 1 saturated heterocycles. The standard InChI is InChI=1S/C17H36N4O2.HI/c1-4-5-12-23-13-7-9-19-17(18-2)20-15-16-8-6-10-21(16)11-14-22-3;/h16H,4-15H2,1-3H3,(H2,18,19,20);1H. The normalized spacial score (nSPS) is 18.5. The van der Waals surface area contributed by atoms with Crippen molar-refractivity contribution in [3.05, 3.63) is 0 Å². The molecule has 1 fully saturated rings. The molecule has 1 unspecified atom stereocenters. The Kier molecular flexibility index (Phi) is 16.3. The van der Waals surface area contributed by atoms with Crippen LogP contribution < -0.4 is 10.6 Å². The second kappa shape index (κ2) is 16.4. The van der Waals surface area contributed by atoms with Crippen LogP contribution >= 0.6 is 24.0 Å². The molecular weight excluding hydrogens is 419 g/mol. The Hall–Kier alpha value is -0.120. The summed E-state index contributed by atoms with van der Waals surface area (Å²) in [5, 5.41) is 6.80. The molecule has 0 aromatic carbocycles. The lowest BCUT2D eigenvalue weighted by Gasteiger charge is -2.25. The molecule has 1 aliphatic rings. The number of nitrogens with zero attached hydrogens (tertiary/aromatic N) is 2. The maximum absolute atomic E-state index is 5.56. The number of hydrogen-bond acceptors (Lipinski definition) is 4. The molecule has 0 radical (unpaired) electrons. The topological polar surface area (TPSA) is 58.1 Å². The lowest BCUT2D eigenvalue weighted by atomic mass is 10.2. The fourth-order valence-electron chi connectivity index (χ4n) is 2.79. The molecule has 6 nitrogen and oxygen atoms in total. The van der Waals surface area contributed by atoms with Crippen molar-refractivity contribution in [1.29, 1.82) is 0 Å². The van der Waals surface area contributed by atoms with Crippen molar-refractivity contribution in [3.63, 3.8) is 0 Å². The van der Waals surface area contributed by atoms with Crippen LogP contribution in [0, 0.1) is 0 Å². The van der Waals surface area contributed by atoms with Gasteiger partial charge in [-0.15, -0.1) is 24.0 Å². The number of methoxy groups -OCH3 is 1. The molecule has 0 aromatic heterocycles. The predicted octanol–water partition coefficient (Wildman–Crippen LogP) is 2.09. The Morgan fingerprint density at radius 2 is 2.00 bits per heavy atom. The first-order chi connectivity index (χ1) is 11.3. The van der Waals surface area contributed by atoms with Crippen LogP contribution in [0.25, 0.3) is 0 Å². The lowest BCUT2D eigenvalue weighted by molar-refractivity contribution is 0.129. The monoisotopic (exact) mass is 456 g/mol. The second-order valence-corrected chi connectivity index (χ2v) is 6.02. The van der Waals surface area contributed by atoms with Crippen molar-refractivity contribution in [1.82, 2.24) is 15.5 Å².